The zero-order valence-electron chi connectivity index (χ0n) is 13.9. The smallest absolute Gasteiger partial charge is 0.277 e. The van der Waals surface area contributed by atoms with Gasteiger partial charge in [-0.2, -0.15) is 9.61 Å². The average Bonchev–Trinajstić information content (AvgIpc) is 2.80. The number of nitrogens with zero attached hydrogens (tertiary/aromatic N) is 2. The van der Waals surface area contributed by atoms with Crippen LogP contribution in [0.4, 0.5) is 0 Å². The van der Waals surface area contributed by atoms with E-state index in [4.69, 9.17) is 5.11 Å². The van der Waals surface area contributed by atoms with E-state index in [1.54, 1.807) is 0 Å². The SMILES string of the molecule is Cc1ccc(-c2c(C)nn3c(=O)c(CCO)c(C)[nH]c23)c(C)c1. The van der Waals surface area contributed by atoms with Gasteiger partial charge >= 0.3 is 0 Å². The fourth-order valence-electron chi connectivity index (χ4n) is 3.15. The molecule has 0 aliphatic carbocycles. The summed E-state index contributed by atoms with van der Waals surface area (Å²) in [6.45, 7) is 7.85. The molecule has 23 heavy (non-hydrogen) atoms. The highest BCUT2D eigenvalue weighted by Gasteiger charge is 2.18. The molecule has 3 rings (SSSR count). The molecular weight excluding hydrogens is 290 g/mol. The molecule has 2 N–H and O–H groups in total. The summed E-state index contributed by atoms with van der Waals surface area (Å²) < 4.78 is 1.42. The van der Waals surface area contributed by atoms with Gasteiger partial charge in [-0.25, -0.2) is 0 Å². The highest BCUT2D eigenvalue weighted by atomic mass is 16.3. The van der Waals surface area contributed by atoms with Crippen molar-refractivity contribution in [2.45, 2.75) is 34.1 Å². The van der Waals surface area contributed by atoms with Crippen molar-refractivity contribution in [3.05, 3.63) is 56.6 Å². The molecule has 0 aliphatic rings. The van der Waals surface area contributed by atoms with Gasteiger partial charge < -0.3 is 10.1 Å². The molecule has 0 spiro atoms. The summed E-state index contributed by atoms with van der Waals surface area (Å²) in [6, 6.07) is 6.27. The average molecular weight is 311 g/mol. The number of rotatable bonds is 3. The van der Waals surface area contributed by atoms with Crippen LogP contribution < -0.4 is 5.56 Å². The number of hydrogen-bond donors (Lipinski definition) is 2. The molecule has 0 saturated carbocycles. The van der Waals surface area contributed by atoms with Crippen LogP contribution >= 0.6 is 0 Å². The number of H-pyrrole nitrogens is 1. The first-order valence-corrected chi connectivity index (χ1v) is 7.73. The van der Waals surface area contributed by atoms with E-state index in [0.29, 0.717) is 17.6 Å². The first kappa shape index (κ1) is 15.5. The van der Waals surface area contributed by atoms with E-state index in [9.17, 15) is 4.79 Å². The van der Waals surface area contributed by atoms with Gasteiger partial charge in [-0.3, -0.25) is 4.79 Å². The highest BCUT2D eigenvalue weighted by molar-refractivity contribution is 5.82. The first-order valence-electron chi connectivity index (χ1n) is 7.73. The van der Waals surface area contributed by atoms with E-state index in [1.807, 2.05) is 13.8 Å². The fourth-order valence-corrected chi connectivity index (χ4v) is 3.15. The molecule has 3 aromatic rings. The van der Waals surface area contributed by atoms with Crippen molar-refractivity contribution in [1.29, 1.82) is 0 Å². The molecular formula is C18H21N3O2. The van der Waals surface area contributed by atoms with Crippen LogP contribution in [0.25, 0.3) is 16.8 Å². The highest BCUT2D eigenvalue weighted by Crippen LogP contribution is 2.30. The van der Waals surface area contributed by atoms with E-state index >= 15 is 0 Å². The van der Waals surface area contributed by atoms with Gasteiger partial charge in [0.05, 0.1) is 5.69 Å². The van der Waals surface area contributed by atoms with Gasteiger partial charge in [0.15, 0.2) is 0 Å². The van der Waals surface area contributed by atoms with Crippen molar-refractivity contribution < 1.29 is 5.11 Å². The van der Waals surface area contributed by atoms with Crippen LogP contribution in [-0.2, 0) is 6.42 Å². The summed E-state index contributed by atoms with van der Waals surface area (Å²) in [5.41, 5.74) is 7.11. The second kappa shape index (κ2) is 5.66. The van der Waals surface area contributed by atoms with Crippen molar-refractivity contribution in [3.63, 3.8) is 0 Å². The summed E-state index contributed by atoms with van der Waals surface area (Å²) >= 11 is 0. The van der Waals surface area contributed by atoms with Crippen LogP contribution in [-0.4, -0.2) is 26.3 Å². The lowest BCUT2D eigenvalue weighted by atomic mass is 9.99. The Morgan fingerprint density at radius 2 is 1.96 bits per heavy atom. The molecule has 0 aliphatic heterocycles. The molecule has 2 heterocycles. The van der Waals surface area contributed by atoms with Crippen LogP contribution in [0.5, 0.6) is 0 Å². The molecule has 120 valence electrons. The summed E-state index contributed by atoms with van der Waals surface area (Å²) in [6.07, 6.45) is 0.328. The van der Waals surface area contributed by atoms with Crippen LogP contribution in [0.1, 0.15) is 28.1 Å². The van der Waals surface area contributed by atoms with E-state index < -0.39 is 0 Å². The zero-order valence-corrected chi connectivity index (χ0v) is 13.9. The minimum atomic E-state index is -0.163. The second-order valence-electron chi connectivity index (χ2n) is 6.05. The molecule has 5 nitrogen and oxygen atoms in total. The van der Waals surface area contributed by atoms with Crippen LogP contribution in [0, 0.1) is 27.7 Å². The molecule has 2 aromatic heterocycles. The lowest BCUT2D eigenvalue weighted by molar-refractivity contribution is 0.298. The number of hydrogen-bond acceptors (Lipinski definition) is 3. The molecule has 0 radical (unpaired) electrons. The maximum Gasteiger partial charge on any atom is 0.277 e. The third kappa shape index (κ3) is 2.47. The monoisotopic (exact) mass is 311 g/mol. The van der Waals surface area contributed by atoms with Gasteiger partial charge in [0, 0.05) is 29.8 Å². The van der Waals surface area contributed by atoms with E-state index in [1.165, 1.54) is 10.1 Å². The summed E-state index contributed by atoms with van der Waals surface area (Å²) in [7, 11) is 0. The summed E-state index contributed by atoms with van der Waals surface area (Å²) in [5, 5.41) is 13.6. The lowest BCUT2D eigenvalue weighted by Crippen LogP contribution is -2.22. The van der Waals surface area contributed by atoms with E-state index in [2.05, 4.69) is 42.1 Å². The molecule has 0 amide bonds. The second-order valence-corrected chi connectivity index (χ2v) is 6.05. The van der Waals surface area contributed by atoms with Crippen LogP contribution in [0.15, 0.2) is 23.0 Å². The van der Waals surface area contributed by atoms with Gasteiger partial charge in [-0.1, -0.05) is 23.8 Å². The van der Waals surface area contributed by atoms with E-state index in [0.717, 1.165) is 28.1 Å². The molecule has 0 saturated heterocycles. The first-order chi connectivity index (χ1) is 10.9. The van der Waals surface area contributed by atoms with Crippen molar-refractivity contribution in [2.75, 3.05) is 6.61 Å². The lowest BCUT2D eigenvalue weighted by Gasteiger charge is -2.09. The van der Waals surface area contributed by atoms with Gasteiger partial charge in [0.2, 0.25) is 0 Å². The number of fused-ring (bicyclic) bond motifs is 1. The van der Waals surface area contributed by atoms with Gasteiger partial charge in [0.1, 0.15) is 5.65 Å². The Balaban J connectivity index is 2.35. The Hall–Kier alpha value is -2.40. The Morgan fingerprint density at radius 3 is 2.61 bits per heavy atom. The van der Waals surface area contributed by atoms with Gasteiger partial charge in [-0.05, 0) is 38.8 Å². The molecule has 0 unspecified atom stereocenters. The fraction of sp³-hybridized carbons (Fsp3) is 0.333. The van der Waals surface area contributed by atoms with Crippen molar-refractivity contribution in [1.82, 2.24) is 14.6 Å². The van der Waals surface area contributed by atoms with Gasteiger partial charge in [-0.15, -0.1) is 0 Å². The number of aromatic nitrogens is 3. The number of aliphatic hydroxyl groups excluding tert-OH is 1. The molecule has 5 heteroatoms. The van der Waals surface area contributed by atoms with Crippen molar-refractivity contribution in [2.24, 2.45) is 0 Å². The maximum atomic E-state index is 12.6. The zero-order chi connectivity index (χ0) is 16.7. The Labute approximate surface area is 134 Å². The standard InChI is InChI=1S/C18H21N3O2/c1-10-5-6-14(11(2)9-10)16-13(4)20-21-17(16)19-12(3)15(7-8-22)18(21)23/h5-6,9,19,22H,7-8H2,1-4H3. The minimum Gasteiger partial charge on any atom is -0.396 e. The number of benzene rings is 1. The topological polar surface area (TPSA) is 70.4 Å². The predicted molar refractivity (Wildman–Crippen MR) is 91.0 cm³/mol. The number of aryl methyl sites for hydroxylation is 4. The minimum absolute atomic E-state index is 0.0559. The maximum absolute atomic E-state index is 12.6. The predicted octanol–water partition coefficient (Wildman–Crippen LogP) is 2.46. The quantitative estimate of drug-likeness (QED) is 0.780. The van der Waals surface area contributed by atoms with Crippen molar-refractivity contribution in [3.8, 4) is 11.1 Å². The molecule has 1 aromatic carbocycles. The number of nitrogens with one attached hydrogen (secondary N) is 1. The number of aliphatic hydroxyl groups is 1. The largest absolute Gasteiger partial charge is 0.396 e. The Bertz CT molecular complexity index is 951. The number of aromatic amines is 1. The third-order valence-electron chi connectivity index (χ3n) is 4.28. The normalized spacial score (nSPS) is 11.3. The van der Waals surface area contributed by atoms with E-state index in [-0.39, 0.29) is 12.2 Å². The van der Waals surface area contributed by atoms with Crippen LogP contribution in [0.3, 0.4) is 0 Å². The molecule has 0 atom stereocenters. The summed E-state index contributed by atoms with van der Waals surface area (Å²) in [4.78, 5) is 15.9. The van der Waals surface area contributed by atoms with Crippen LogP contribution in [0.2, 0.25) is 0 Å². The molecule has 0 fully saturated rings. The van der Waals surface area contributed by atoms with Crippen molar-refractivity contribution >= 4 is 5.65 Å². The summed E-state index contributed by atoms with van der Waals surface area (Å²) in [5.74, 6) is 0. The third-order valence-corrected chi connectivity index (χ3v) is 4.28. The Kier molecular flexibility index (Phi) is 3.82. The molecule has 0 bridgehead atoms. The van der Waals surface area contributed by atoms with Gasteiger partial charge in [0.25, 0.3) is 5.56 Å². The Morgan fingerprint density at radius 1 is 1.22 bits per heavy atom.